The third kappa shape index (κ3) is 3.36. The Hall–Kier alpha value is -2.28. The minimum atomic E-state index is -0.967. The number of hydrogen-bond acceptors (Lipinski definition) is 5. The average molecular weight is 255 g/mol. The van der Waals surface area contributed by atoms with E-state index in [9.17, 15) is 14.4 Å². The summed E-state index contributed by atoms with van der Waals surface area (Å²) in [6, 6.07) is -1.71. The molecule has 9 nitrogen and oxygen atoms in total. The van der Waals surface area contributed by atoms with Crippen molar-refractivity contribution in [2.24, 2.45) is 5.11 Å². The van der Waals surface area contributed by atoms with E-state index in [-0.39, 0.29) is 12.5 Å². The molecule has 9 heteroatoms. The lowest BCUT2D eigenvalue weighted by atomic mass is 10.1. The van der Waals surface area contributed by atoms with Crippen molar-refractivity contribution >= 4 is 17.8 Å². The number of cyclic esters (lactones) is 1. The lowest BCUT2D eigenvalue weighted by Crippen LogP contribution is -2.54. The number of carbonyl (C=O) groups is 3. The Balaban J connectivity index is 2.86. The van der Waals surface area contributed by atoms with Crippen LogP contribution < -0.4 is 10.6 Å². The number of rotatable bonds is 4. The molecule has 3 atom stereocenters. The van der Waals surface area contributed by atoms with Gasteiger partial charge in [0.1, 0.15) is 6.10 Å². The molecule has 2 amide bonds. The molecule has 0 bridgehead atoms. The second kappa shape index (κ2) is 5.87. The monoisotopic (exact) mass is 255 g/mol. The Labute approximate surface area is 102 Å². The van der Waals surface area contributed by atoms with Gasteiger partial charge in [0.25, 0.3) is 0 Å². The van der Waals surface area contributed by atoms with Crippen LogP contribution in [-0.2, 0) is 19.1 Å². The fourth-order valence-corrected chi connectivity index (χ4v) is 1.70. The summed E-state index contributed by atoms with van der Waals surface area (Å²) in [5.74, 6) is -1.46. The Morgan fingerprint density at radius 3 is 2.50 bits per heavy atom. The lowest BCUT2D eigenvalue weighted by Gasteiger charge is -2.20. The first kappa shape index (κ1) is 13.8. The van der Waals surface area contributed by atoms with Crippen LogP contribution >= 0.6 is 0 Å². The Morgan fingerprint density at radius 1 is 1.39 bits per heavy atom. The first-order chi connectivity index (χ1) is 8.45. The maximum Gasteiger partial charge on any atom is 0.331 e. The Kier molecular flexibility index (Phi) is 4.50. The van der Waals surface area contributed by atoms with Gasteiger partial charge in [-0.15, -0.1) is 0 Å². The summed E-state index contributed by atoms with van der Waals surface area (Å²) < 4.78 is 4.96. The number of ether oxygens (including phenoxy) is 1. The van der Waals surface area contributed by atoms with Gasteiger partial charge < -0.3 is 15.4 Å². The summed E-state index contributed by atoms with van der Waals surface area (Å²) in [6.07, 6.45) is -0.783. The van der Waals surface area contributed by atoms with Crippen molar-refractivity contribution in [3.63, 3.8) is 0 Å². The van der Waals surface area contributed by atoms with E-state index in [0.29, 0.717) is 0 Å². The topological polar surface area (TPSA) is 133 Å². The number of esters is 1. The molecular weight excluding hydrogens is 242 g/mol. The van der Waals surface area contributed by atoms with Crippen molar-refractivity contribution in [3.05, 3.63) is 10.4 Å². The van der Waals surface area contributed by atoms with Crippen LogP contribution in [0.1, 0.15) is 13.8 Å². The van der Waals surface area contributed by atoms with Crippen molar-refractivity contribution in [1.29, 1.82) is 0 Å². The van der Waals surface area contributed by atoms with E-state index in [0.717, 1.165) is 0 Å². The number of carbonyl (C=O) groups excluding carboxylic acids is 3. The third-order valence-electron chi connectivity index (χ3n) is 2.33. The van der Waals surface area contributed by atoms with Crippen molar-refractivity contribution in [2.75, 3.05) is 6.54 Å². The SMILES string of the molecule is CC(=O)N[C@@H]1[C@H](NC(C)=O)C(=O)O[C@@H]1CN=[N+]=[N-]. The molecular formula is C9H13N5O4. The van der Waals surface area contributed by atoms with Crippen LogP contribution in [0.3, 0.4) is 0 Å². The zero-order valence-electron chi connectivity index (χ0n) is 9.91. The van der Waals surface area contributed by atoms with Gasteiger partial charge in [-0.05, 0) is 5.53 Å². The molecule has 0 radical (unpaired) electrons. The molecule has 1 aliphatic heterocycles. The molecule has 1 fully saturated rings. The van der Waals surface area contributed by atoms with Crippen molar-refractivity contribution < 1.29 is 19.1 Å². The van der Waals surface area contributed by atoms with Crippen LogP contribution in [-0.4, -0.2) is 42.5 Å². The van der Waals surface area contributed by atoms with Gasteiger partial charge in [0, 0.05) is 18.8 Å². The number of nitrogens with one attached hydrogen (secondary N) is 2. The van der Waals surface area contributed by atoms with Crippen LogP contribution in [0.25, 0.3) is 10.4 Å². The van der Waals surface area contributed by atoms with Gasteiger partial charge in [0.2, 0.25) is 11.8 Å². The first-order valence-corrected chi connectivity index (χ1v) is 5.21. The van der Waals surface area contributed by atoms with Crippen LogP contribution in [0.2, 0.25) is 0 Å². The summed E-state index contributed by atoms with van der Waals surface area (Å²) in [5.41, 5.74) is 8.23. The fraction of sp³-hybridized carbons (Fsp3) is 0.667. The molecule has 1 saturated heterocycles. The molecule has 0 aliphatic carbocycles. The van der Waals surface area contributed by atoms with E-state index in [4.69, 9.17) is 10.3 Å². The molecule has 1 heterocycles. The van der Waals surface area contributed by atoms with Gasteiger partial charge in [-0.3, -0.25) is 9.59 Å². The number of azide groups is 1. The molecule has 1 rings (SSSR count). The quantitative estimate of drug-likeness (QED) is 0.295. The van der Waals surface area contributed by atoms with E-state index < -0.39 is 30.1 Å². The predicted molar refractivity (Wildman–Crippen MR) is 59.1 cm³/mol. The smallest absolute Gasteiger partial charge is 0.331 e. The summed E-state index contributed by atoms with van der Waals surface area (Å²) in [4.78, 5) is 36.2. The van der Waals surface area contributed by atoms with Gasteiger partial charge >= 0.3 is 5.97 Å². The van der Waals surface area contributed by atoms with E-state index in [2.05, 4.69) is 20.7 Å². The van der Waals surface area contributed by atoms with E-state index in [1.165, 1.54) is 13.8 Å². The molecule has 0 aromatic heterocycles. The van der Waals surface area contributed by atoms with Crippen molar-refractivity contribution in [1.82, 2.24) is 10.6 Å². The first-order valence-electron chi connectivity index (χ1n) is 5.21. The second-order valence-corrected chi connectivity index (χ2v) is 3.79. The van der Waals surface area contributed by atoms with Gasteiger partial charge in [-0.1, -0.05) is 5.11 Å². The Bertz CT molecular complexity index is 417. The zero-order chi connectivity index (χ0) is 13.7. The summed E-state index contributed by atoms with van der Waals surface area (Å²) >= 11 is 0. The molecule has 0 aromatic carbocycles. The van der Waals surface area contributed by atoms with Gasteiger partial charge in [0.05, 0.1) is 12.6 Å². The largest absolute Gasteiger partial charge is 0.458 e. The van der Waals surface area contributed by atoms with E-state index in [1.807, 2.05) is 0 Å². The van der Waals surface area contributed by atoms with Crippen LogP contribution in [0.5, 0.6) is 0 Å². The maximum absolute atomic E-state index is 11.6. The van der Waals surface area contributed by atoms with E-state index >= 15 is 0 Å². The van der Waals surface area contributed by atoms with Crippen molar-refractivity contribution in [3.8, 4) is 0 Å². The lowest BCUT2D eigenvalue weighted by molar-refractivity contribution is -0.143. The van der Waals surface area contributed by atoms with Gasteiger partial charge in [-0.2, -0.15) is 0 Å². The van der Waals surface area contributed by atoms with Crippen LogP contribution in [0, 0.1) is 0 Å². The molecule has 0 unspecified atom stereocenters. The van der Waals surface area contributed by atoms with Gasteiger partial charge in [0.15, 0.2) is 6.04 Å². The standard InChI is InChI=1S/C9H13N5O4/c1-4(15)12-7-6(3-11-14-10)18-9(17)8(7)13-5(2)16/h6-8H,3H2,1-2H3,(H,12,15)(H,13,16)/t6-,7+,8+/m1/s1. The summed E-state index contributed by atoms with van der Waals surface area (Å²) in [6.45, 7) is 2.42. The van der Waals surface area contributed by atoms with E-state index in [1.54, 1.807) is 0 Å². The Morgan fingerprint density at radius 2 is 2.00 bits per heavy atom. The molecule has 98 valence electrons. The molecule has 0 spiro atoms. The highest BCUT2D eigenvalue weighted by atomic mass is 16.6. The highest BCUT2D eigenvalue weighted by molar-refractivity contribution is 5.87. The normalized spacial score (nSPS) is 25.9. The number of amides is 2. The second-order valence-electron chi connectivity index (χ2n) is 3.79. The summed E-state index contributed by atoms with van der Waals surface area (Å²) in [7, 11) is 0. The number of nitrogens with zero attached hydrogens (tertiary/aromatic N) is 3. The minimum absolute atomic E-state index is 0.108. The summed E-state index contributed by atoms with van der Waals surface area (Å²) in [5, 5.41) is 8.19. The highest BCUT2D eigenvalue weighted by Gasteiger charge is 2.45. The predicted octanol–water partition coefficient (Wildman–Crippen LogP) is -0.768. The fourth-order valence-electron chi connectivity index (χ4n) is 1.70. The van der Waals surface area contributed by atoms with Crippen molar-refractivity contribution in [2.45, 2.75) is 32.0 Å². The number of hydrogen-bond donors (Lipinski definition) is 2. The minimum Gasteiger partial charge on any atom is -0.458 e. The molecule has 0 saturated carbocycles. The maximum atomic E-state index is 11.6. The highest BCUT2D eigenvalue weighted by Crippen LogP contribution is 2.17. The average Bonchev–Trinajstić information content (AvgIpc) is 2.53. The van der Waals surface area contributed by atoms with Crippen LogP contribution in [0.4, 0.5) is 0 Å². The zero-order valence-corrected chi connectivity index (χ0v) is 9.91. The molecule has 2 N–H and O–H groups in total. The molecule has 0 aromatic rings. The third-order valence-corrected chi connectivity index (χ3v) is 2.33. The van der Waals surface area contributed by atoms with Gasteiger partial charge in [-0.25, -0.2) is 4.79 Å². The van der Waals surface area contributed by atoms with Crippen LogP contribution in [0.15, 0.2) is 5.11 Å². The molecule has 18 heavy (non-hydrogen) atoms. The molecule has 1 aliphatic rings.